The summed E-state index contributed by atoms with van der Waals surface area (Å²) in [4.78, 5) is 0. The van der Waals surface area contributed by atoms with E-state index < -0.39 is 5.79 Å². The van der Waals surface area contributed by atoms with E-state index in [1.807, 2.05) is 6.08 Å². The SMILES string of the molecule is CC1(CC2=CC=CC3(C2)OCCO3)CNCCN1. The Morgan fingerprint density at radius 3 is 2.83 bits per heavy atom. The summed E-state index contributed by atoms with van der Waals surface area (Å²) in [6.45, 7) is 6.80. The van der Waals surface area contributed by atoms with Crippen molar-refractivity contribution in [1.82, 2.24) is 10.6 Å². The molecule has 100 valence electrons. The smallest absolute Gasteiger partial charge is 0.192 e. The normalized spacial score (nSPS) is 34.8. The molecule has 0 saturated carbocycles. The first-order valence-electron chi connectivity index (χ1n) is 6.81. The molecule has 3 rings (SSSR count). The highest BCUT2D eigenvalue weighted by molar-refractivity contribution is 5.26. The van der Waals surface area contributed by atoms with Crippen molar-refractivity contribution in [3.05, 3.63) is 23.8 Å². The molecule has 0 aromatic carbocycles. The lowest BCUT2D eigenvalue weighted by Crippen LogP contribution is -2.57. The molecule has 2 heterocycles. The Morgan fingerprint density at radius 2 is 2.11 bits per heavy atom. The second-order valence-corrected chi connectivity index (χ2v) is 5.71. The maximum Gasteiger partial charge on any atom is 0.192 e. The second kappa shape index (κ2) is 4.78. The van der Waals surface area contributed by atoms with Gasteiger partial charge in [-0.25, -0.2) is 0 Å². The number of hydrogen-bond donors (Lipinski definition) is 2. The molecule has 4 nitrogen and oxygen atoms in total. The average Bonchev–Trinajstić information content (AvgIpc) is 2.77. The molecule has 2 fully saturated rings. The van der Waals surface area contributed by atoms with Gasteiger partial charge in [-0.3, -0.25) is 0 Å². The molecular weight excluding hydrogens is 228 g/mol. The summed E-state index contributed by atoms with van der Waals surface area (Å²) in [5, 5.41) is 7.07. The number of rotatable bonds is 2. The summed E-state index contributed by atoms with van der Waals surface area (Å²) in [7, 11) is 0. The van der Waals surface area contributed by atoms with E-state index in [1.165, 1.54) is 5.57 Å². The average molecular weight is 250 g/mol. The number of ether oxygens (including phenoxy) is 2. The molecule has 0 amide bonds. The van der Waals surface area contributed by atoms with Crippen molar-refractivity contribution in [3.63, 3.8) is 0 Å². The van der Waals surface area contributed by atoms with E-state index in [1.54, 1.807) is 0 Å². The van der Waals surface area contributed by atoms with E-state index in [0.717, 1.165) is 32.5 Å². The Kier molecular flexibility index (Phi) is 3.28. The third-order valence-corrected chi connectivity index (χ3v) is 3.92. The van der Waals surface area contributed by atoms with Crippen LogP contribution in [-0.2, 0) is 9.47 Å². The van der Waals surface area contributed by atoms with Gasteiger partial charge in [0.2, 0.25) is 0 Å². The summed E-state index contributed by atoms with van der Waals surface area (Å²) in [5.41, 5.74) is 1.55. The fraction of sp³-hybridized carbons (Fsp3) is 0.714. The summed E-state index contributed by atoms with van der Waals surface area (Å²) >= 11 is 0. The highest BCUT2D eigenvalue weighted by Gasteiger charge is 2.38. The molecule has 3 aliphatic rings. The number of allylic oxidation sites excluding steroid dienone is 2. The Bertz CT molecular complexity index is 364. The van der Waals surface area contributed by atoms with E-state index in [-0.39, 0.29) is 5.54 Å². The third-order valence-electron chi connectivity index (χ3n) is 3.92. The lowest BCUT2D eigenvalue weighted by Gasteiger charge is -2.38. The van der Waals surface area contributed by atoms with Gasteiger partial charge in [0.25, 0.3) is 0 Å². The van der Waals surface area contributed by atoms with Gasteiger partial charge in [-0.05, 0) is 19.4 Å². The highest BCUT2D eigenvalue weighted by Crippen LogP contribution is 2.34. The van der Waals surface area contributed by atoms with Crippen molar-refractivity contribution in [1.29, 1.82) is 0 Å². The standard InChI is InChI=1S/C14H22N2O2/c1-13(11-15-5-6-16-13)9-12-3-2-4-14(10-12)17-7-8-18-14/h2-4,15-16H,5-11H2,1H3. The van der Waals surface area contributed by atoms with E-state index in [9.17, 15) is 0 Å². The molecule has 2 aliphatic heterocycles. The van der Waals surface area contributed by atoms with Crippen LogP contribution in [0.15, 0.2) is 23.8 Å². The first-order valence-corrected chi connectivity index (χ1v) is 6.81. The van der Waals surface area contributed by atoms with Crippen LogP contribution in [0.4, 0.5) is 0 Å². The Labute approximate surface area is 108 Å². The summed E-state index contributed by atoms with van der Waals surface area (Å²) in [5.74, 6) is -0.470. The van der Waals surface area contributed by atoms with Crippen molar-refractivity contribution in [2.75, 3.05) is 32.8 Å². The molecule has 0 aromatic heterocycles. The van der Waals surface area contributed by atoms with Gasteiger partial charge < -0.3 is 20.1 Å². The molecule has 1 atom stereocenters. The lowest BCUT2D eigenvalue weighted by molar-refractivity contribution is -0.116. The van der Waals surface area contributed by atoms with Crippen LogP contribution >= 0.6 is 0 Å². The minimum Gasteiger partial charge on any atom is -0.344 e. The molecule has 18 heavy (non-hydrogen) atoms. The van der Waals surface area contributed by atoms with Crippen LogP contribution in [0.3, 0.4) is 0 Å². The topological polar surface area (TPSA) is 42.5 Å². The largest absolute Gasteiger partial charge is 0.344 e. The molecule has 0 radical (unpaired) electrons. The van der Waals surface area contributed by atoms with Crippen LogP contribution in [0.25, 0.3) is 0 Å². The minimum atomic E-state index is -0.470. The van der Waals surface area contributed by atoms with Crippen LogP contribution in [0.1, 0.15) is 19.8 Å². The predicted molar refractivity (Wildman–Crippen MR) is 70.4 cm³/mol. The first-order chi connectivity index (χ1) is 8.70. The highest BCUT2D eigenvalue weighted by atomic mass is 16.7. The predicted octanol–water partition coefficient (Wildman–Crippen LogP) is 0.957. The van der Waals surface area contributed by atoms with Crippen molar-refractivity contribution < 1.29 is 9.47 Å². The van der Waals surface area contributed by atoms with Crippen molar-refractivity contribution in [3.8, 4) is 0 Å². The lowest BCUT2D eigenvalue weighted by atomic mass is 9.86. The van der Waals surface area contributed by atoms with E-state index in [2.05, 4.69) is 29.7 Å². The van der Waals surface area contributed by atoms with E-state index in [0.29, 0.717) is 13.2 Å². The maximum absolute atomic E-state index is 5.75. The van der Waals surface area contributed by atoms with Crippen molar-refractivity contribution in [2.45, 2.75) is 31.1 Å². The van der Waals surface area contributed by atoms with Gasteiger partial charge in [0.05, 0.1) is 13.2 Å². The van der Waals surface area contributed by atoms with Gasteiger partial charge >= 0.3 is 0 Å². The fourth-order valence-electron chi connectivity index (χ4n) is 3.06. The fourth-order valence-corrected chi connectivity index (χ4v) is 3.06. The summed E-state index contributed by atoms with van der Waals surface area (Å²) in [6.07, 6.45) is 8.22. The van der Waals surface area contributed by atoms with Crippen LogP contribution in [0.5, 0.6) is 0 Å². The molecule has 1 aliphatic carbocycles. The van der Waals surface area contributed by atoms with Gasteiger partial charge in [-0.2, -0.15) is 0 Å². The second-order valence-electron chi connectivity index (χ2n) is 5.71. The summed E-state index contributed by atoms with van der Waals surface area (Å²) < 4.78 is 11.5. The Balaban J connectivity index is 1.66. The zero-order chi connectivity index (χ0) is 12.5. The molecule has 2 saturated heterocycles. The third kappa shape index (κ3) is 2.52. The summed E-state index contributed by atoms with van der Waals surface area (Å²) in [6, 6.07) is 0. The first kappa shape index (κ1) is 12.4. The molecule has 0 bridgehead atoms. The molecule has 1 spiro atoms. The van der Waals surface area contributed by atoms with Crippen molar-refractivity contribution >= 4 is 0 Å². The minimum absolute atomic E-state index is 0.148. The van der Waals surface area contributed by atoms with E-state index in [4.69, 9.17) is 9.47 Å². The quantitative estimate of drug-likeness (QED) is 0.766. The van der Waals surface area contributed by atoms with Gasteiger partial charge in [-0.1, -0.05) is 17.7 Å². The molecular formula is C14H22N2O2. The van der Waals surface area contributed by atoms with Crippen molar-refractivity contribution in [2.24, 2.45) is 0 Å². The van der Waals surface area contributed by atoms with Gasteiger partial charge in [0.15, 0.2) is 5.79 Å². The molecule has 0 aromatic rings. The van der Waals surface area contributed by atoms with Crippen LogP contribution in [-0.4, -0.2) is 44.2 Å². The Hall–Kier alpha value is -0.680. The maximum atomic E-state index is 5.75. The molecule has 4 heteroatoms. The van der Waals surface area contributed by atoms with E-state index >= 15 is 0 Å². The zero-order valence-corrected chi connectivity index (χ0v) is 11.0. The number of hydrogen-bond acceptors (Lipinski definition) is 4. The van der Waals surface area contributed by atoms with Crippen LogP contribution < -0.4 is 10.6 Å². The van der Waals surface area contributed by atoms with Crippen LogP contribution in [0, 0.1) is 0 Å². The van der Waals surface area contributed by atoms with Gasteiger partial charge in [-0.15, -0.1) is 0 Å². The zero-order valence-electron chi connectivity index (χ0n) is 11.0. The van der Waals surface area contributed by atoms with Gasteiger partial charge in [0.1, 0.15) is 0 Å². The Morgan fingerprint density at radius 1 is 1.28 bits per heavy atom. The number of nitrogens with one attached hydrogen (secondary N) is 2. The molecule has 1 unspecified atom stereocenters. The van der Waals surface area contributed by atoms with Gasteiger partial charge in [0, 0.05) is 31.6 Å². The van der Waals surface area contributed by atoms with Crippen LogP contribution in [0.2, 0.25) is 0 Å². The number of piperazine rings is 1. The monoisotopic (exact) mass is 250 g/mol. The molecule has 2 N–H and O–H groups in total.